The summed E-state index contributed by atoms with van der Waals surface area (Å²) in [7, 11) is -6.80. The Balaban J connectivity index is 2.43. The van der Waals surface area contributed by atoms with Crippen LogP contribution in [0, 0.1) is 13.8 Å². The van der Waals surface area contributed by atoms with Crippen molar-refractivity contribution in [2.75, 3.05) is 24.6 Å². The van der Waals surface area contributed by atoms with Gasteiger partial charge in [0.1, 0.15) is 0 Å². The smallest absolute Gasteiger partial charge is 0.243 e. The largest absolute Gasteiger partial charge is 0.326 e. The zero-order valence-electron chi connectivity index (χ0n) is 12.2. The van der Waals surface area contributed by atoms with Gasteiger partial charge in [-0.3, -0.25) is 0 Å². The van der Waals surface area contributed by atoms with Gasteiger partial charge in [-0.15, -0.1) is 0 Å². The van der Waals surface area contributed by atoms with Gasteiger partial charge >= 0.3 is 0 Å². The lowest BCUT2D eigenvalue weighted by atomic mass is 10.1. The van der Waals surface area contributed by atoms with Crippen molar-refractivity contribution in [3.8, 4) is 0 Å². The van der Waals surface area contributed by atoms with Crippen molar-refractivity contribution < 1.29 is 16.8 Å². The minimum Gasteiger partial charge on any atom is -0.326 e. The highest BCUT2D eigenvalue weighted by Crippen LogP contribution is 2.25. The number of nitrogens with zero attached hydrogens (tertiary/aromatic N) is 1. The Hall–Kier alpha value is -0.960. The van der Waals surface area contributed by atoms with Crippen LogP contribution in [0.5, 0.6) is 0 Å². The lowest BCUT2D eigenvalue weighted by molar-refractivity contribution is 0.430. The molecule has 0 aliphatic carbocycles. The van der Waals surface area contributed by atoms with Crippen LogP contribution in [-0.4, -0.2) is 45.7 Å². The third-order valence-corrected chi connectivity index (χ3v) is 7.47. The summed E-state index contributed by atoms with van der Waals surface area (Å²) in [6.45, 7) is 3.88. The lowest BCUT2D eigenvalue weighted by Crippen LogP contribution is -2.43. The minimum atomic E-state index is -3.68. The topological polar surface area (TPSA) is 97.5 Å². The Kier molecular flexibility index (Phi) is 4.44. The highest BCUT2D eigenvalue weighted by Gasteiger charge is 2.32. The van der Waals surface area contributed by atoms with Crippen LogP contribution in [0.25, 0.3) is 0 Å². The molecule has 1 saturated heterocycles. The Bertz CT molecular complexity index is 741. The van der Waals surface area contributed by atoms with Gasteiger partial charge in [0.2, 0.25) is 10.0 Å². The molecular weight excluding hydrogens is 312 g/mol. The van der Waals surface area contributed by atoms with E-state index in [1.165, 1.54) is 4.31 Å². The number of rotatable bonds is 3. The average Bonchev–Trinajstić information content (AvgIpc) is 2.41. The maximum absolute atomic E-state index is 12.7. The average molecular weight is 332 g/mol. The van der Waals surface area contributed by atoms with Crippen LogP contribution in [0.1, 0.15) is 16.7 Å². The van der Waals surface area contributed by atoms with E-state index in [9.17, 15) is 16.8 Å². The number of hydrogen-bond acceptors (Lipinski definition) is 5. The number of aryl methyl sites for hydroxylation is 1. The Morgan fingerprint density at radius 2 is 1.76 bits per heavy atom. The standard InChI is InChI=1S/C13H20N2O4S2/c1-10-7-12(9-14)8-13(11(10)2)21(18,19)15-3-5-20(16,17)6-4-15/h7-8H,3-6,9,14H2,1-2H3. The van der Waals surface area contributed by atoms with Crippen molar-refractivity contribution in [3.05, 3.63) is 28.8 Å². The molecule has 0 atom stereocenters. The number of sulfone groups is 1. The molecule has 0 bridgehead atoms. The van der Waals surface area contributed by atoms with Gasteiger partial charge in [0.05, 0.1) is 16.4 Å². The summed E-state index contributed by atoms with van der Waals surface area (Å²) in [6, 6.07) is 3.45. The van der Waals surface area contributed by atoms with E-state index in [-0.39, 0.29) is 36.0 Å². The van der Waals surface area contributed by atoms with Crippen molar-refractivity contribution in [1.29, 1.82) is 0 Å². The van der Waals surface area contributed by atoms with E-state index < -0.39 is 19.9 Å². The molecule has 1 heterocycles. The zero-order valence-corrected chi connectivity index (χ0v) is 13.8. The van der Waals surface area contributed by atoms with E-state index in [4.69, 9.17) is 5.73 Å². The second-order valence-electron chi connectivity index (χ2n) is 5.30. The van der Waals surface area contributed by atoms with E-state index in [2.05, 4.69) is 0 Å². The van der Waals surface area contributed by atoms with Crippen molar-refractivity contribution in [2.45, 2.75) is 25.3 Å². The molecule has 21 heavy (non-hydrogen) atoms. The van der Waals surface area contributed by atoms with E-state index in [1.54, 1.807) is 13.0 Å². The predicted molar refractivity (Wildman–Crippen MR) is 81.2 cm³/mol. The summed E-state index contributed by atoms with van der Waals surface area (Å²) in [6.07, 6.45) is 0. The number of sulfonamides is 1. The van der Waals surface area contributed by atoms with Gasteiger partial charge in [0.15, 0.2) is 9.84 Å². The first kappa shape index (κ1) is 16.4. The number of nitrogens with two attached hydrogens (primary N) is 1. The van der Waals surface area contributed by atoms with Crippen molar-refractivity contribution in [1.82, 2.24) is 4.31 Å². The fourth-order valence-corrected chi connectivity index (χ4v) is 5.58. The van der Waals surface area contributed by atoms with Crippen LogP contribution in [0.15, 0.2) is 17.0 Å². The third kappa shape index (κ3) is 3.28. The van der Waals surface area contributed by atoms with Crippen LogP contribution in [0.2, 0.25) is 0 Å². The van der Waals surface area contributed by atoms with Crippen LogP contribution in [0.3, 0.4) is 0 Å². The van der Waals surface area contributed by atoms with Gasteiger partial charge in [-0.25, -0.2) is 16.8 Å². The van der Waals surface area contributed by atoms with Gasteiger partial charge < -0.3 is 5.73 Å². The van der Waals surface area contributed by atoms with Crippen LogP contribution >= 0.6 is 0 Å². The minimum absolute atomic E-state index is 0.00993. The molecule has 0 radical (unpaired) electrons. The van der Waals surface area contributed by atoms with Gasteiger partial charge in [0.25, 0.3) is 0 Å². The Morgan fingerprint density at radius 1 is 1.19 bits per heavy atom. The molecule has 0 aromatic heterocycles. The molecule has 1 aromatic rings. The van der Waals surface area contributed by atoms with Crippen LogP contribution in [0.4, 0.5) is 0 Å². The first-order valence-electron chi connectivity index (χ1n) is 6.68. The maximum Gasteiger partial charge on any atom is 0.243 e. The van der Waals surface area contributed by atoms with E-state index in [0.29, 0.717) is 5.56 Å². The van der Waals surface area contributed by atoms with E-state index in [1.807, 2.05) is 13.0 Å². The third-order valence-electron chi connectivity index (χ3n) is 3.84. The summed E-state index contributed by atoms with van der Waals surface area (Å²) < 4.78 is 49.6. The second kappa shape index (κ2) is 5.68. The molecule has 1 fully saturated rings. The quantitative estimate of drug-likeness (QED) is 0.851. The van der Waals surface area contributed by atoms with Crippen molar-refractivity contribution in [3.63, 3.8) is 0 Å². The highest BCUT2D eigenvalue weighted by molar-refractivity contribution is 7.92. The fraction of sp³-hybridized carbons (Fsp3) is 0.538. The molecule has 1 aliphatic heterocycles. The molecular formula is C13H20N2O4S2. The van der Waals surface area contributed by atoms with Gasteiger partial charge in [-0.05, 0) is 36.6 Å². The maximum atomic E-state index is 12.7. The van der Waals surface area contributed by atoms with Crippen molar-refractivity contribution >= 4 is 19.9 Å². The van der Waals surface area contributed by atoms with Crippen LogP contribution < -0.4 is 5.73 Å². The second-order valence-corrected chi connectivity index (χ2v) is 9.51. The van der Waals surface area contributed by atoms with Gasteiger partial charge in [0, 0.05) is 19.6 Å². The molecule has 1 aliphatic rings. The molecule has 2 N–H and O–H groups in total. The summed E-state index contributed by atoms with van der Waals surface area (Å²) in [5, 5.41) is 0. The highest BCUT2D eigenvalue weighted by atomic mass is 32.2. The first-order valence-corrected chi connectivity index (χ1v) is 9.94. The van der Waals surface area contributed by atoms with Crippen LogP contribution in [-0.2, 0) is 26.4 Å². The zero-order chi connectivity index (χ0) is 15.8. The molecule has 0 spiro atoms. The molecule has 0 saturated carbocycles. The Morgan fingerprint density at radius 3 is 2.29 bits per heavy atom. The normalized spacial score (nSPS) is 19.6. The molecule has 118 valence electrons. The molecule has 6 nitrogen and oxygen atoms in total. The first-order chi connectivity index (χ1) is 9.67. The number of benzene rings is 1. The lowest BCUT2D eigenvalue weighted by Gasteiger charge is -2.27. The number of hydrogen-bond donors (Lipinski definition) is 1. The summed E-state index contributed by atoms with van der Waals surface area (Å²) in [5.74, 6) is -0.248. The molecule has 2 rings (SSSR count). The molecule has 0 amide bonds. The summed E-state index contributed by atoms with van der Waals surface area (Å²) >= 11 is 0. The summed E-state index contributed by atoms with van der Waals surface area (Å²) in [4.78, 5) is 0.224. The fourth-order valence-electron chi connectivity index (χ4n) is 2.36. The summed E-state index contributed by atoms with van der Waals surface area (Å²) in [5.41, 5.74) is 7.90. The molecule has 0 unspecified atom stereocenters. The Labute approximate surface area is 125 Å². The predicted octanol–water partition coefficient (Wildman–Crippen LogP) is 0.181. The SMILES string of the molecule is Cc1cc(CN)cc(S(=O)(=O)N2CCS(=O)(=O)CC2)c1C. The molecule has 8 heteroatoms. The van der Waals surface area contributed by atoms with E-state index >= 15 is 0 Å². The van der Waals surface area contributed by atoms with Crippen molar-refractivity contribution in [2.24, 2.45) is 5.73 Å². The van der Waals surface area contributed by atoms with Gasteiger partial charge in [-0.2, -0.15) is 4.31 Å². The van der Waals surface area contributed by atoms with E-state index in [0.717, 1.165) is 11.1 Å². The van der Waals surface area contributed by atoms with Gasteiger partial charge in [-0.1, -0.05) is 6.07 Å². The molecule has 1 aromatic carbocycles. The monoisotopic (exact) mass is 332 g/mol.